The summed E-state index contributed by atoms with van der Waals surface area (Å²) in [5, 5.41) is 5.25. The molecule has 0 bridgehead atoms. The van der Waals surface area contributed by atoms with Crippen LogP contribution in [-0.4, -0.2) is 113 Å². The lowest BCUT2D eigenvalue weighted by molar-refractivity contribution is -0.139. The van der Waals surface area contributed by atoms with E-state index in [-0.39, 0.29) is 41.2 Å². The highest BCUT2D eigenvalue weighted by atomic mass is 19.4. The van der Waals surface area contributed by atoms with E-state index in [1.54, 1.807) is 55.0 Å². The molecule has 434 valence electrons. The molecule has 0 saturated carbocycles. The van der Waals surface area contributed by atoms with Gasteiger partial charge in [-0.1, -0.05) is 72.2 Å². The van der Waals surface area contributed by atoms with Gasteiger partial charge in [0.2, 0.25) is 0 Å². The number of carbonyl (C=O) groups is 2. The number of halogens is 6. The Hall–Kier alpha value is -9.17. The van der Waals surface area contributed by atoms with Gasteiger partial charge in [-0.25, -0.2) is 0 Å². The molecular formula is C67H62F6N10O2. The number of pyridine rings is 3. The number of hydrogen-bond donors (Lipinski definition) is 3. The molecule has 5 heterocycles. The van der Waals surface area contributed by atoms with Gasteiger partial charge in [-0.3, -0.25) is 34.3 Å². The van der Waals surface area contributed by atoms with Crippen molar-refractivity contribution in [2.24, 2.45) is 0 Å². The number of hydrogen-bond acceptors (Lipinski definition) is 10. The van der Waals surface area contributed by atoms with Crippen LogP contribution in [0.3, 0.4) is 0 Å². The average molecular weight is 1150 g/mol. The number of anilines is 3. The normalized spacial score (nSPS) is 14.2. The fraction of sp³-hybridized carbons (Fsp3) is 0.239. The van der Waals surface area contributed by atoms with E-state index < -0.39 is 35.3 Å². The van der Waals surface area contributed by atoms with Gasteiger partial charge in [0.15, 0.2) is 0 Å². The van der Waals surface area contributed by atoms with Crippen molar-refractivity contribution in [3.8, 4) is 46.3 Å². The number of nitrogens with zero attached hydrogens (tertiary/aromatic N) is 7. The second-order valence-corrected chi connectivity index (χ2v) is 21.0. The van der Waals surface area contributed by atoms with Crippen LogP contribution in [0.1, 0.15) is 76.4 Å². The fourth-order valence-corrected chi connectivity index (χ4v) is 9.58. The van der Waals surface area contributed by atoms with E-state index in [4.69, 9.17) is 5.73 Å². The highest BCUT2D eigenvalue weighted by Gasteiger charge is 2.36. The SMILES string of the molecule is Cc1ccc(C(=O)Nc2ccc(CN3CCN(C)CC3)c(C(F)(F)F)c2)cc1C#Cc1ccc(-c2ccccc2N)nc1.Cc1ccc(C(=O)Nc2ccc(CN3CCN(C)CC3)c(C(F)(F)F)c2)cc1C#Cc1ccc(-c2ccccn2)nc1. The van der Waals surface area contributed by atoms with Crippen molar-refractivity contribution in [3.05, 3.63) is 225 Å². The molecule has 85 heavy (non-hydrogen) atoms. The quantitative estimate of drug-likeness (QED) is 0.0690. The van der Waals surface area contributed by atoms with Crippen LogP contribution in [0.15, 0.2) is 158 Å². The molecule has 12 nitrogen and oxygen atoms in total. The van der Waals surface area contributed by atoms with Crippen molar-refractivity contribution in [2.75, 3.05) is 82.8 Å². The Bertz CT molecular complexity index is 3800. The van der Waals surface area contributed by atoms with Crippen molar-refractivity contribution < 1.29 is 35.9 Å². The molecule has 10 rings (SSSR count). The van der Waals surface area contributed by atoms with Crippen molar-refractivity contribution in [2.45, 2.75) is 39.3 Å². The zero-order valence-corrected chi connectivity index (χ0v) is 47.4. The molecule has 2 amide bonds. The van der Waals surface area contributed by atoms with Crippen LogP contribution in [0.2, 0.25) is 0 Å². The van der Waals surface area contributed by atoms with E-state index in [1.165, 1.54) is 24.3 Å². The van der Waals surface area contributed by atoms with Crippen LogP contribution in [0.5, 0.6) is 0 Å². The molecular weight excluding hydrogens is 1090 g/mol. The molecule has 4 N–H and O–H groups in total. The molecule has 2 fully saturated rings. The molecule has 0 aliphatic carbocycles. The molecule has 8 aromatic rings. The third-order valence-corrected chi connectivity index (χ3v) is 14.7. The third-order valence-electron chi connectivity index (χ3n) is 14.7. The first-order valence-electron chi connectivity index (χ1n) is 27.5. The smallest absolute Gasteiger partial charge is 0.398 e. The number of para-hydroxylation sites is 1. The van der Waals surface area contributed by atoms with Gasteiger partial charge in [0, 0.05) is 140 Å². The van der Waals surface area contributed by atoms with Crippen LogP contribution in [-0.2, 0) is 25.4 Å². The van der Waals surface area contributed by atoms with E-state index in [2.05, 4.69) is 59.1 Å². The Morgan fingerprint density at radius 2 is 0.953 bits per heavy atom. The molecule has 2 saturated heterocycles. The van der Waals surface area contributed by atoms with Gasteiger partial charge in [0.25, 0.3) is 11.8 Å². The molecule has 0 radical (unpaired) electrons. The van der Waals surface area contributed by atoms with Gasteiger partial charge in [0.1, 0.15) is 0 Å². The molecule has 5 aromatic carbocycles. The number of nitrogens with two attached hydrogens (primary N) is 1. The maximum atomic E-state index is 14.0. The lowest BCUT2D eigenvalue weighted by atomic mass is 10.0. The summed E-state index contributed by atoms with van der Waals surface area (Å²) < 4.78 is 83.9. The summed E-state index contributed by atoms with van der Waals surface area (Å²) in [6.45, 7) is 10.2. The summed E-state index contributed by atoms with van der Waals surface area (Å²) in [4.78, 5) is 47.6. The van der Waals surface area contributed by atoms with Crippen LogP contribution in [0.25, 0.3) is 22.6 Å². The number of amides is 2. The maximum Gasteiger partial charge on any atom is 0.416 e. The number of alkyl halides is 6. The number of nitrogens with one attached hydrogen (secondary N) is 2. The van der Waals surface area contributed by atoms with Crippen LogP contribution >= 0.6 is 0 Å². The van der Waals surface area contributed by atoms with Crippen LogP contribution in [0, 0.1) is 37.5 Å². The number of rotatable bonds is 10. The summed E-state index contributed by atoms with van der Waals surface area (Å²) in [7, 11) is 4.00. The van der Waals surface area contributed by atoms with Crippen molar-refractivity contribution in [1.29, 1.82) is 0 Å². The van der Waals surface area contributed by atoms with Gasteiger partial charge in [-0.2, -0.15) is 26.3 Å². The summed E-state index contributed by atoms with van der Waals surface area (Å²) in [6, 6.07) is 38.5. The number of likely N-dealkylation sites (N-methyl/N-ethyl adjacent to an activating group) is 2. The first kappa shape index (κ1) is 60.4. The Kier molecular flexibility index (Phi) is 19.2. The van der Waals surface area contributed by atoms with Gasteiger partial charge >= 0.3 is 12.4 Å². The average Bonchev–Trinajstić information content (AvgIpc) is 3.24. The van der Waals surface area contributed by atoms with E-state index in [9.17, 15) is 35.9 Å². The molecule has 0 atom stereocenters. The predicted octanol–water partition coefficient (Wildman–Crippen LogP) is 11.9. The molecule has 18 heteroatoms. The largest absolute Gasteiger partial charge is 0.416 e. The van der Waals surface area contributed by atoms with E-state index in [1.807, 2.05) is 104 Å². The zero-order chi connectivity index (χ0) is 60.3. The van der Waals surface area contributed by atoms with E-state index >= 15 is 0 Å². The lowest BCUT2D eigenvalue weighted by Crippen LogP contribution is -2.44. The highest BCUT2D eigenvalue weighted by Crippen LogP contribution is 2.36. The van der Waals surface area contributed by atoms with E-state index in [0.717, 1.165) is 72.1 Å². The van der Waals surface area contributed by atoms with Gasteiger partial charge in [-0.05, 0) is 141 Å². The minimum atomic E-state index is -4.55. The molecule has 2 aliphatic heterocycles. The predicted molar refractivity (Wildman–Crippen MR) is 320 cm³/mol. The number of benzene rings is 5. The van der Waals surface area contributed by atoms with Crippen LogP contribution < -0.4 is 16.4 Å². The summed E-state index contributed by atoms with van der Waals surface area (Å²) >= 11 is 0. The Morgan fingerprint density at radius 1 is 0.506 bits per heavy atom. The minimum absolute atomic E-state index is 0.0814. The first-order valence-corrected chi connectivity index (χ1v) is 27.5. The number of aryl methyl sites for hydroxylation is 2. The van der Waals surface area contributed by atoms with Crippen molar-refractivity contribution >= 4 is 28.9 Å². The van der Waals surface area contributed by atoms with Gasteiger partial charge in [-0.15, -0.1) is 0 Å². The number of piperazine rings is 2. The standard InChI is InChI=1S/C34H32F3N5O.C33H30F3N5O/c1-23-7-10-26(19-25(23)11-8-24-9-14-32(39-21-24)29-5-3-4-6-31(29)38)33(43)40-28-13-12-27(30(20-28)34(35,36)37)22-42-17-15-41(2)16-18-42;1-23-6-9-26(19-25(23)10-7-24-8-13-31(38-21-24)30-5-3-4-14-37-30)32(42)39-28-12-11-27(29(20-28)33(34,35)36)22-41-17-15-40(2)16-18-41/h3-7,9-10,12-14,19-21H,15-18,22,38H2,1-2H3,(H,40,43);3-6,8-9,11-14,19-21H,15-18,22H2,1-2H3,(H,39,42). The summed E-state index contributed by atoms with van der Waals surface area (Å²) in [6.07, 6.45) is -4.06. The Balaban J connectivity index is 0.000000204. The number of nitrogen functional groups attached to an aromatic ring is 1. The topological polar surface area (TPSA) is 136 Å². The molecule has 0 unspecified atom stereocenters. The zero-order valence-electron chi connectivity index (χ0n) is 47.4. The van der Waals surface area contributed by atoms with E-state index in [0.29, 0.717) is 59.7 Å². The molecule has 2 aliphatic rings. The van der Waals surface area contributed by atoms with Crippen LogP contribution in [0.4, 0.5) is 43.4 Å². The molecule has 3 aromatic heterocycles. The van der Waals surface area contributed by atoms with Crippen molar-refractivity contribution in [3.63, 3.8) is 0 Å². The van der Waals surface area contributed by atoms with Crippen molar-refractivity contribution in [1.82, 2.24) is 34.6 Å². The number of aromatic nitrogens is 3. The second kappa shape index (κ2) is 27.0. The fourth-order valence-electron chi connectivity index (χ4n) is 9.58. The summed E-state index contributed by atoms with van der Waals surface area (Å²) in [5.74, 6) is 11.3. The number of carbonyl (C=O) groups excluding carboxylic acids is 2. The highest BCUT2D eigenvalue weighted by molar-refractivity contribution is 6.05. The molecule has 0 spiro atoms. The van der Waals surface area contributed by atoms with Gasteiger partial charge < -0.3 is 26.2 Å². The monoisotopic (exact) mass is 1150 g/mol. The minimum Gasteiger partial charge on any atom is -0.398 e. The Morgan fingerprint density at radius 3 is 1.38 bits per heavy atom. The van der Waals surface area contributed by atoms with Gasteiger partial charge in [0.05, 0.1) is 28.2 Å². The summed E-state index contributed by atoms with van der Waals surface area (Å²) in [5.41, 5.74) is 13.8. The lowest BCUT2D eigenvalue weighted by Gasteiger charge is -2.33. The Labute approximate surface area is 490 Å². The first-order chi connectivity index (χ1) is 40.7. The third kappa shape index (κ3) is 16.3. The second-order valence-electron chi connectivity index (χ2n) is 21.0. The maximum absolute atomic E-state index is 14.0.